The summed E-state index contributed by atoms with van der Waals surface area (Å²) < 4.78 is 6.92. The summed E-state index contributed by atoms with van der Waals surface area (Å²) in [5.41, 5.74) is -0.198. The van der Waals surface area contributed by atoms with Gasteiger partial charge in [-0.1, -0.05) is 5.21 Å². The minimum absolute atomic E-state index is 0.190. The summed E-state index contributed by atoms with van der Waals surface area (Å²) in [4.78, 5) is 0. The van der Waals surface area contributed by atoms with Crippen molar-refractivity contribution in [2.24, 2.45) is 7.05 Å². The second-order valence-corrected chi connectivity index (χ2v) is 3.43. The standard InChI is InChI=1S/C8H13N3O2/c1-6-8(12,3-4-13-6)7-5-9-10-11(7)2/h5-6,12H,3-4H2,1-2H3. The molecule has 0 aliphatic carbocycles. The van der Waals surface area contributed by atoms with Crippen LogP contribution in [-0.2, 0) is 17.4 Å². The first kappa shape index (κ1) is 8.65. The van der Waals surface area contributed by atoms with Crippen molar-refractivity contribution in [3.05, 3.63) is 11.9 Å². The van der Waals surface area contributed by atoms with Crippen LogP contribution in [0.15, 0.2) is 6.20 Å². The van der Waals surface area contributed by atoms with Gasteiger partial charge in [0.1, 0.15) is 5.60 Å². The van der Waals surface area contributed by atoms with Gasteiger partial charge in [0.2, 0.25) is 0 Å². The van der Waals surface area contributed by atoms with Crippen LogP contribution >= 0.6 is 0 Å². The minimum Gasteiger partial charge on any atom is -0.381 e. The van der Waals surface area contributed by atoms with Crippen molar-refractivity contribution in [3.8, 4) is 0 Å². The first-order chi connectivity index (χ1) is 6.14. The molecule has 1 aliphatic heterocycles. The van der Waals surface area contributed by atoms with Gasteiger partial charge in [-0.05, 0) is 6.92 Å². The van der Waals surface area contributed by atoms with E-state index in [1.807, 2.05) is 6.92 Å². The van der Waals surface area contributed by atoms with Crippen molar-refractivity contribution >= 4 is 0 Å². The topological polar surface area (TPSA) is 60.2 Å². The summed E-state index contributed by atoms with van der Waals surface area (Å²) in [5, 5.41) is 17.8. The number of aryl methyl sites for hydroxylation is 1. The summed E-state index contributed by atoms with van der Waals surface area (Å²) >= 11 is 0. The molecular formula is C8H13N3O2. The van der Waals surface area contributed by atoms with Crippen LogP contribution < -0.4 is 0 Å². The lowest BCUT2D eigenvalue weighted by Crippen LogP contribution is -2.35. The highest BCUT2D eigenvalue weighted by molar-refractivity contribution is 5.12. The van der Waals surface area contributed by atoms with Crippen LogP contribution in [0.4, 0.5) is 0 Å². The molecule has 1 aromatic rings. The number of nitrogens with zero attached hydrogens (tertiary/aromatic N) is 3. The molecule has 0 amide bonds. The second kappa shape index (κ2) is 2.78. The highest BCUT2D eigenvalue weighted by Gasteiger charge is 2.43. The molecule has 1 fully saturated rings. The highest BCUT2D eigenvalue weighted by Crippen LogP contribution is 2.34. The fraction of sp³-hybridized carbons (Fsp3) is 0.750. The molecule has 2 atom stereocenters. The van der Waals surface area contributed by atoms with E-state index in [4.69, 9.17) is 4.74 Å². The van der Waals surface area contributed by atoms with Crippen LogP contribution in [0.1, 0.15) is 19.0 Å². The average Bonchev–Trinajstić information content (AvgIpc) is 2.62. The third-order valence-corrected chi connectivity index (χ3v) is 2.68. The van der Waals surface area contributed by atoms with Gasteiger partial charge in [-0.2, -0.15) is 0 Å². The molecule has 0 saturated carbocycles. The summed E-state index contributed by atoms with van der Waals surface area (Å²) in [5.74, 6) is 0. The lowest BCUT2D eigenvalue weighted by Gasteiger charge is -2.25. The second-order valence-electron chi connectivity index (χ2n) is 3.43. The Balaban J connectivity index is 2.39. The maximum absolute atomic E-state index is 10.3. The molecule has 5 nitrogen and oxygen atoms in total. The van der Waals surface area contributed by atoms with E-state index >= 15 is 0 Å². The van der Waals surface area contributed by atoms with Crippen LogP contribution in [0.5, 0.6) is 0 Å². The molecule has 0 spiro atoms. The van der Waals surface area contributed by atoms with Crippen molar-refractivity contribution in [1.82, 2.24) is 15.0 Å². The largest absolute Gasteiger partial charge is 0.381 e. The monoisotopic (exact) mass is 183 g/mol. The number of aliphatic hydroxyl groups is 1. The van der Waals surface area contributed by atoms with Gasteiger partial charge in [-0.3, -0.25) is 0 Å². The van der Waals surface area contributed by atoms with Crippen LogP contribution in [0.3, 0.4) is 0 Å². The predicted molar refractivity (Wildman–Crippen MR) is 44.9 cm³/mol. The Hall–Kier alpha value is -0.940. The summed E-state index contributed by atoms with van der Waals surface area (Å²) in [6.07, 6.45) is 2.00. The van der Waals surface area contributed by atoms with E-state index in [0.717, 1.165) is 5.69 Å². The molecule has 1 N–H and O–H groups in total. The molecule has 1 aliphatic rings. The van der Waals surface area contributed by atoms with Gasteiger partial charge in [0.15, 0.2) is 0 Å². The fourth-order valence-corrected chi connectivity index (χ4v) is 1.75. The Morgan fingerprint density at radius 3 is 3.00 bits per heavy atom. The Bertz CT molecular complexity index is 312. The zero-order chi connectivity index (χ0) is 9.47. The fourth-order valence-electron chi connectivity index (χ4n) is 1.75. The van der Waals surface area contributed by atoms with Crippen molar-refractivity contribution in [2.75, 3.05) is 6.61 Å². The average molecular weight is 183 g/mol. The summed E-state index contributed by atoms with van der Waals surface area (Å²) in [6, 6.07) is 0. The quantitative estimate of drug-likeness (QED) is 0.655. The molecule has 0 bridgehead atoms. The van der Waals surface area contributed by atoms with Crippen molar-refractivity contribution in [2.45, 2.75) is 25.0 Å². The third-order valence-electron chi connectivity index (χ3n) is 2.68. The van der Waals surface area contributed by atoms with Gasteiger partial charge in [0.25, 0.3) is 0 Å². The first-order valence-electron chi connectivity index (χ1n) is 4.34. The van der Waals surface area contributed by atoms with Crippen LogP contribution in [0, 0.1) is 0 Å². The molecule has 1 saturated heterocycles. The number of hydrogen-bond donors (Lipinski definition) is 1. The Labute approximate surface area is 76.3 Å². The van der Waals surface area contributed by atoms with Crippen LogP contribution in [0.25, 0.3) is 0 Å². The first-order valence-corrected chi connectivity index (χ1v) is 4.34. The Morgan fingerprint density at radius 2 is 2.54 bits per heavy atom. The van der Waals surface area contributed by atoms with Gasteiger partial charge >= 0.3 is 0 Å². The zero-order valence-electron chi connectivity index (χ0n) is 7.77. The lowest BCUT2D eigenvalue weighted by molar-refractivity contribution is -0.0371. The zero-order valence-corrected chi connectivity index (χ0v) is 7.77. The number of rotatable bonds is 1. The van der Waals surface area contributed by atoms with E-state index in [-0.39, 0.29) is 6.10 Å². The lowest BCUT2D eigenvalue weighted by atomic mass is 9.93. The number of hydrogen-bond acceptors (Lipinski definition) is 4. The molecule has 2 unspecified atom stereocenters. The van der Waals surface area contributed by atoms with E-state index in [2.05, 4.69) is 10.3 Å². The van der Waals surface area contributed by atoms with E-state index in [1.165, 1.54) is 0 Å². The van der Waals surface area contributed by atoms with Crippen LogP contribution in [-0.4, -0.2) is 32.8 Å². The number of aromatic nitrogens is 3. The minimum atomic E-state index is -0.918. The maximum Gasteiger partial charge on any atom is 0.136 e. The molecule has 2 rings (SSSR count). The molecule has 5 heteroatoms. The Morgan fingerprint density at radius 1 is 1.77 bits per heavy atom. The van der Waals surface area contributed by atoms with E-state index in [1.54, 1.807) is 17.9 Å². The van der Waals surface area contributed by atoms with Gasteiger partial charge < -0.3 is 9.84 Å². The highest BCUT2D eigenvalue weighted by atomic mass is 16.5. The third kappa shape index (κ3) is 1.15. The van der Waals surface area contributed by atoms with Gasteiger partial charge in [-0.15, -0.1) is 5.10 Å². The molecule has 0 radical (unpaired) electrons. The van der Waals surface area contributed by atoms with Gasteiger partial charge in [0, 0.05) is 13.5 Å². The van der Waals surface area contributed by atoms with Gasteiger partial charge in [-0.25, -0.2) is 4.68 Å². The molecule has 72 valence electrons. The van der Waals surface area contributed by atoms with Gasteiger partial charge in [0.05, 0.1) is 24.6 Å². The Kier molecular flexibility index (Phi) is 1.85. The van der Waals surface area contributed by atoms with E-state index in [0.29, 0.717) is 13.0 Å². The van der Waals surface area contributed by atoms with Crippen molar-refractivity contribution in [3.63, 3.8) is 0 Å². The van der Waals surface area contributed by atoms with E-state index < -0.39 is 5.60 Å². The predicted octanol–water partition coefficient (Wildman–Crippen LogP) is -0.189. The van der Waals surface area contributed by atoms with E-state index in [9.17, 15) is 5.11 Å². The van der Waals surface area contributed by atoms with Crippen LogP contribution in [0.2, 0.25) is 0 Å². The number of ether oxygens (including phenoxy) is 1. The SMILES string of the molecule is CC1OCCC1(O)c1cnnn1C. The summed E-state index contributed by atoms with van der Waals surface area (Å²) in [7, 11) is 1.77. The van der Waals surface area contributed by atoms with Crippen molar-refractivity contribution < 1.29 is 9.84 Å². The molecule has 1 aromatic heterocycles. The summed E-state index contributed by atoms with van der Waals surface area (Å²) in [6.45, 7) is 2.45. The molecular weight excluding hydrogens is 170 g/mol. The maximum atomic E-state index is 10.3. The molecule has 13 heavy (non-hydrogen) atoms. The molecule has 0 aromatic carbocycles. The molecule has 2 heterocycles. The normalized spacial score (nSPS) is 33.9. The van der Waals surface area contributed by atoms with Crippen molar-refractivity contribution in [1.29, 1.82) is 0 Å². The smallest absolute Gasteiger partial charge is 0.136 e.